The highest BCUT2D eigenvalue weighted by Gasteiger charge is 2.24. The molecule has 0 saturated heterocycles. The fourth-order valence-corrected chi connectivity index (χ4v) is 3.43. The van der Waals surface area contributed by atoms with Crippen molar-refractivity contribution in [2.24, 2.45) is 5.92 Å². The number of nitrogens with zero attached hydrogens (tertiary/aromatic N) is 1. The van der Waals surface area contributed by atoms with Crippen molar-refractivity contribution in [1.82, 2.24) is 5.32 Å². The maximum atomic E-state index is 12.6. The first-order valence-corrected chi connectivity index (χ1v) is 10.5. The van der Waals surface area contributed by atoms with E-state index in [0.717, 1.165) is 19.3 Å². The number of nitrogens with one attached hydrogen (secondary N) is 1. The molecular formula is C23H30N2O5. The molecule has 7 nitrogen and oxygen atoms in total. The van der Waals surface area contributed by atoms with Crippen molar-refractivity contribution in [3.8, 4) is 17.6 Å². The summed E-state index contributed by atoms with van der Waals surface area (Å²) in [5.74, 6) is 0.388. The summed E-state index contributed by atoms with van der Waals surface area (Å²) in [6.45, 7) is 6.13. The molecule has 0 radical (unpaired) electrons. The maximum Gasteiger partial charge on any atom is 0.344 e. The van der Waals surface area contributed by atoms with Gasteiger partial charge in [-0.05, 0) is 56.4 Å². The number of hydrogen-bond acceptors (Lipinski definition) is 6. The largest absolute Gasteiger partial charge is 0.490 e. The average Bonchev–Trinajstić information content (AvgIpc) is 2.73. The predicted molar refractivity (Wildman–Crippen MR) is 113 cm³/mol. The van der Waals surface area contributed by atoms with Crippen LogP contribution in [0.1, 0.15) is 52.0 Å². The zero-order valence-corrected chi connectivity index (χ0v) is 17.9. The molecule has 1 aliphatic rings. The Labute approximate surface area is 178 Å². The molecule has 1 N–H and O–H groups in total. The zero-order chi connectivity index (χ0) is 21.9. The van der Waals surface area contributed by atoms with E-state index in [1.165, 1.54) is 12.5 Å². The van der Waals surface area contributed by atoms with E-state index in [4.69, 9.17) is 14.2 Å². The summed E-state index contributed by atoms with van der Waals surface area (Å²) in [4.78, 5) is 24.1. The summed E-state index contributed by atoms with van der Waals surface area (Å²) in [5.41, 5.74) is 0.667. The lowest BCUT2D eigenvalue weighted by atomic mass is 9.86. The molecule has 0 heterocycles. The molecule has 1 aromatic rings. The highest BCUT2D eigenvalue weighted by molar-refractivity contribution is 6.01. The summed E-state index contributed by atoms with van der Waals surface area (Å²) in [6, 6.07) is 7.12. The third-order valence-electron chi connectivity index (χ3n) is 5.02. The minimum absolute atomic E-state index is 0.0374. The van der Waals surface area contributed by atoms with Crippen molar-refractivity contribution in [1.29, 1.82) is 5.26 Å². The van der Waals surface area contributed by atoms with Gasteiger partial charge < -0.3 is 19.5 Å². The molecule has 30 heavy (non-hydrogen) atoms. The fourth-order valence-electron chi connectivity index (χ4n) is 3.43. The van der Waals surface area contributed by atoms with Gasteiger partial charge in [0.15, 0.2) is 18.1 Å². The van der Waals surface area contributed by atoms with E-state index < -0.39 is 5.97 Å². The maximum absolute atomic E-state index is 12.6. The smallest absolute Gasteiger partial charge is 0.344 e. The van der Waals surface area contributed by atoms with Crippen LogP contribution in [0.4, 0.5) is 0 Å². The van der Waals surface area contributed by atoms with Crippen LogP contribution in [0.5, 0.6) is 11.5 Å². The number of rotatable bonds is 9. The van der Waals surface area contributed by atoms with Crippen LogP contribution in [0.15, 0.2) is 23.8 Å². The average molecular weight is 415 g/mol. The molecule has 162 valence electrons. The van der Waals surface area contributed by atoms with Gasteiger partial charge in [-0.3, -0.25) is 4.79 Å². The lowest BCUT2D eigenvalue weighted by molar-refractivity contribution is -0.145. The van der Waals surface area contributed by atoms with Crippen molar-refractivity contribution in [3.63, 3.8) is 0 Å². The van der Waals surface area contributed by atoms with Crippen LogP contribution in [0.25, 0.3) is 6.08 Å². The van der Waals surface area contributed by atoms with Crippen LogP contribution in [-0.4, -0.2) is 37.7 Å². The van der Waals surface area contributed by atoms with Crippen LogP contribution in [0, 0.1) is 17.2 Å². The zero-order valence-electron chi connectivity index (χ0n) is 17.9. The second-order valence-electron chi connectivity index (χ2n) is 7.24. The Balaban J connectivity index is 2.14. The number of nitriles is 1. The molecule has 0 bridgehead atoms. The van der Waals surface area contributed by atoms with Gasteiger partial charge in [-0.15, -0.1) is 0 Å². The highest BCUT2D eigenvalue weighted by atomic mass is 16.6. The number of hydrogen-bond donors (Lipinski definition) is 1. The van der Waals surface area contributed by atoms with E-state index >= 15 is 0 Å². The van der Waals surface area contributed by atoms with Gasteiger partial charge in [0.25, 0.3) is 5.91 Å². The molecule has 0 spiro atoms. The third-order valence-corrected chi connectivity index (χ3v) is 5.02. The van der Waals surface area contributed by atoms with Crippen LogP contribution in [0.2, 0.25) is 0 Å². The second kappa shape index (κ2) is 11.9. The first-order chi connectivity index (χ1) is 14.5. The number of benzene rings is 1. The van der Waals surface area contributed by atoms with Gasteiger partial charge in [-0.25, -0.2) is 4.79 Å². The van der Waals surface area contributed by atoms with Gasteiger partial charge in [0, 0.05) is 6.04 Å². The molecule has 1 aliphatic carbocycles. The Morgan fingerprint density at radius 2 is 1.93 bits per heavy atom. The number of carbonyl (C=O) groups excluding carboxylic acids is 2. The van der Waals surface area contributed by atoms with Crippen molar-refractivity contribution in [2.45, 2.75) is 52.5 Å². The van der Waals surface area contributed by atoms with Gasteiger partial charge in [-0.1, -0.05) is 25.8 Å². The van der Waals surface area contributed by atoms with E-state index in [-0.39, 0.29) is 30.7 Å². The monoisotopic (exact) mass is 414 g/mol. The van der Waals surface area contributed by atoms with Crippen molar-refractivity contribution in [2.75, 3.05) is 19.8 Å². The van der Waals surface area contributed by atoms with Crippen molar-refractivity contribution >= 4 is 18.0 Å². The Morgan fingerprint density at radius 1 is 1.17 bits per heavy atom. The molecule has 1 aromatic carbocycles. The molecule has 0 aromatic heterocycles. The molecule has 1 saturated carbocycles. The summed E-state index contributed by atoms with van der Waals surface area (Å²) in [6.07, 6.45) is 5.82. The molecule has 7 heteroatoms. The summed E-state index contributed by atoms with van der Waals surface area (Å²) in [5, 5.41) is 12.5. The summed E-state index contributed by atoms with van der Waals surface area (Å²) < 4.78 is 15.9. The van der Waals surface area contributed by atoms with E-state index in [1.54, 1.807) is 25.1 Å². The van der Waals surface area contributed by atoms with E-state index in [0.29, 0.717) is 29.6 Å². The van der Waals surface area contributed by atoms with Crippen LogP contribution < -0.4 is 14.8 Å². The second-order valence-corrected chi connectivity index (χ2v) is 7.24. The first kappa shape index (κ1) is 23.3. The Bertz CT molecular complexity index is 812. The lowest BCUT2D eigenvalue weighted by Crippen LogP contribution is -2.41. The van der Waals surface area contributed by atoms with Crippen LogP contribution >= 0.6 is 0 Å². The van der Waals surface area contributed by atoms with Crippen LogP contribution in [-0.2, 0) is 14.3 Å². The van der Waals surface area contributed by atoms with Gasteiger partial charge in [0.05, 0.1) is 13.2 Å². The minimum atomic E-state index is -0.468. The third kappa shape index (κ3) is 6.80. The number of amides is 1. The highest BCUT2D eigenvalue weighted by Crippen LogP contribution is 2.30. The Kier molecular flexibility index (Phi) is 9.20. The van der Waals surface area contributed by atoms with Gasteiger partial charge in [0.2, 0.25) is 0 Å². The van der Waals surface area contributed by atoms with Crippen LogP contribution in [0.3, 0.4) is 0 Å². The topological polar surface area (TPSA) is 97.7 Å². The van der Waals surface area contributed by atoms with E-state index in [9.17, 15) is 14.9 Å². The normalized spacial score (nSPS) is 18.8. The first-order valence-electron chi connectivity index (χ1n) is 10.5. The van der Waals surface area contributed by atoms with Gasteiger partial charge in [0.1, 0.15) is 11.6 Å². The summed E-state index contributed by atoms with van der Waals surface area (Å²) >= 11 is 0. The van der Waals surface area contributed by atoms with Gasteiger partial charge >= 0.3 is 5.97 Å². The lowest BCUT2D eigenvalue weighted by Gasteiger charge is -2.29. The molecule has 0 unspecified atom stereocenters. The molecule has 2 rings (SSSR count). The Hall–Kier alpha value is -3.01. The molecule has 0 aliphatic heterocycles. The molecule has 1 amide bonds. The predicted octanol–water partition coefficient (Wildman–Crippen LogP) is 3.63. The SMILES string of the molecule is CCOC(=O)COc1ccc(/C=C(\C#N)C(=O)N[C@H]2CCCC[C@H]2C)cc1OCC. The molecule has 2 atom stereocenters. The minimum Gasteiger partial charge on any atom is -0.490 e. The number of carbonyl (C=O) groups is 2. The van der Waals surface area contributed by atoms with E-state index in [2.05, 4.69) is 12.2 Å². The Morgan fingerprint density at radius 3 is 2.60 bits per heavy atom. The number of ether oxygens (including phenoxy) is 3. The fraction of sp³-hybridized carbons (Fsp3) is 0.522. The molecule has 1 fully saturated rings. The van der Waals surface area contributed by atoms with E-state index in [1.807, 2.05) is 13.0 Å². The summed E-state index contributed by atoms with van der Waals surface area (Å²) in [7, 11) is 0. The standard InChI is InChI=1S/C23H30N2O5/c1-4-28-21-13-17(10-11-20(21)30-15-22(26)29-5-2)12-18(14-24)23(27)25-19-9-7-6-8-16(19)3/h10-13,16,19H,4-9,15H2,1-3H3,(H,25,27)/b18-12+/t16-,19+/m1/s1. The van der Waals surface area contributed by atoms with Crippen molar-refractivity contribution in [3.05, 3.63) is 29.3 Å². The quantitative estimate of drug-likeness (QED) is 0.376. The van der Waals surface area contributed by atoms with Gasteiger partial charge in [-0.2, -0.15) is 5.26 Å². The molecular weight excluding hydrogens is 384 g/mol. The van der Waals surface area contributed by atoms with Crippen molar-refractivity contribution < 1.29 is 23.8 Å². The number of esters is 1.